The van der Waals surface area contributed by atoms with E-state index in [0.29, 0.717) is 0 Å². The SMILES string of the molecule is COC1(C#CC2(OC)CCCCC2)CCCCC1. The molecule has 0 bridgehead atoms. The molecule has 2 saturated carbocycles. The van der Waals surface area contributed by atoms with Gasteiger partial charge in [-0.25, -0.2) is 0 Å². The Morgan fingerprint density at radius 1 is 0.611 bits per heavy atom. The summed E-state index contributed by atoms with van der Waals surface area (Å²) in [7, 11) is 3.61. The summed E-state index contributed by atoms with van der Waals surface area (Å²) in [6.45, 7) is 0. The van der Waals surface area contributed by atoms with Gasteiger partial charge in [0, 0.05) is 14.2 Å². The number of ether oxygens (including phenoxy) is 2. The third-order valence-electron chi connectivity index (χ3n) is 4.62. The van der Waals surface area contributed by atoms with E-state index >= 15 is 0 Å². The van der Waals surface area contributed by atoms with Crippen LogP contribution < -0.4 is 0 Å². The molecule has 0 amide bonds. The van der Waals surface area contributed by atoms with E-state index in [9.17, 15) is 0 Å². The molecular formula is C16H26O2. The first-order valence-corrected chi connectivity index (χ1v) is 7.39. The minimum atomic E-state index is -0.193. The highest BCUT2D eigenvalue weighted by molar-refractivity contribution is 5.23. The van der Waals surface area contributed by atoms with Gasteiger partial charge in [-0.05, 0) is 51.4 Å². The standard InChI is InChI=1S/C16H26O2/c1-17-15(9-5-3-6-10-15)13-14-16(18-2)11-7-4-8-12-16/h3-12H2,1-2H3. The lowest BCUT2D eigenvalue weighted by molar-refractivity contribution is 0.000863. The Bertz CT molecular complexity index is 282. The predicted molar refractivity (Wildman–Crippen MR) is 73.4 cm³/mol. The molecule has 0 radical (unpaired) electrons. The summed E-state index contributed by atoms with van der Waals surface area (Å²) in [5.41, 5.74) is -0.386. The topological polar surface area (TPSA) is 18.5 Å². The van der Waals surface area contributed by atoms with E-state index in [0.717, 1.165) is 25.7 Å². The first kappa shape index (κ1) is 13.9. The molecule has 0 saturated heterocycles. The van der Waals surface area contributed by atoms with Crippen LogP contribution in [-0.2, 0) is 9.47 Å². The van der Waals surface area contributed by atoms with Crippen LogP contribution in [0.25, 0.3) is 0 Å². The van der Waals surface area contributed by atoms with Crippen LogP contribution in [0.5, 0.6) is 0 Å². The molecule has 0 unspecified atom stereocenters. The van der Waals surface area contributed by atoms with Crippen LogP contribution in [0, 0.1) is 11.8 Å². The Kier molecular flexibility index (Phi) is 4.70. The van der Waals surface area contributed by atoms with Crippen molar-refractivity contribution in [2.75, 3.05) is 14.2 Å². The molecular weight excluding hydrogens is 224 g/mol. The smallest absolute Gasteiger partial charge is 0.128 e. The van der Waals surface area contributed by atoms with Gasteiger partial charge >= 0.3 is 0 Å². The second kappa shape index (κ2) is 6.08. The Morgan fingerprint density at radius 3 is 1.22 bits per heavy atom. The average Bonchev–Trinajstić information content (AvgIpc) is 2.47. The number of hydrogen-bond donors (Lipinski definition) is 0. The molecule has 0 N–H and O–H groups in total. The Morgan fingerprint density at radius 2 is 0.944 bits per heavy atom. The molecule has 0 spiro atoms. The van der Waals surface area contributed by atoms with Gasteiger partial charge in [0.1, 0.15) is 11.2 Å². The first-order chi connectivity index (χ1) is 8.74. The van der Waals surface area contributed by atoms with Crippen molar-refractivity contribution in [3.8, 4) is 11.8 Å². The van der Waals surface area contributed by atoms with Crippen molar-refractivity contribution < 1.29 is 9.47 Å². The zero-order valence-electron chi connectivity index (χ0n) is 11.9. The average molecular weight is 250 g/mol. The van der Waals surface area contributed by atoms with Crippen LogP contribution in [0.15, 0.2) is 0 Å². The Labute approximate surface area is 111 Å². The summed E-state index contributed by atoms with van der Waals surface area (Å²) in [4.78, 5) is 0. The van der Waals surface area contributed by atoms with Crippen molar-refractivity contribution >= 4 is 0 Å². The summed E-state index contributed by atoms with van der Waals surface area (Å²) in [6.07, 6.45) is 11.9. The van der Waals surface area contributed by atoms with Crippen LogP contribution in [0.4, 0.5) is 0 Å². The number of rotatable bonds is 2. The van der Waals surface area contributed by atoms with Gasteiger partial charge in [-0.3, -0.25) is 0 Å². The van der Waals surface area contributed by atoms with Gasteiger partial charge in [-0.2, -0.15) is 0 Å². The fourth-order valence-corrected chi connectivity index (χ4v) is 3.23. The van der Waals surface area contributed by atoms with Crippen molar-refractivity contribution in [2.24, 2.45) is 0 Å². The fraction of sp³-hybridized carbons (Fsp3) is 0.875. The molecule has 2 heteroatoms. The molecule has 0 aromatic heterocycles. The molecule has 102 valence electrons. The van der Waals surface area contributed by atoms with Crippen LogP contribution in [0.1, 0.15) is 64.2 Å². The minimum absolute atomic E-state index is 0.193. The largest absolute Gasteiger partial charge is 0.366 e. The van der Waals surface area contributed by atoms with Gasteiger partial charge in [-0.15, -0.1) is 0 Å². The maximum atomic E-state index is 5.73. The van der Waals surface area contributed by atoms with Crippen molar-refractivity contribution in [1.82, 2.24) is 0 Å². The Balaban J connectivity index is 2.11. The fourth-order valence-electron chi connectivity index (χ4n) is 3.23. The maximum absolute atomic E-state index is 5.73. The highest BCUT2D eigenvalue weighted by Gasteiger charge is 2.33. The molecule has 0 aromatic carbocycles. The van der Waals surface area contributed by atoms with E-state index in [1.54, 1.807) is 14.2 Å². The summed E-state index contributed by atoms with van der Waals surface area (Å²) < 4.78 is 11.5. The molecule has 2 aliphatic rings. The monoisotopic (exact) mass is 250 g/mol. The molecule has 2 rings (SSSR count). The molecule has 0 aliphatic heterocycles. The van der Waals surface area contributed by atoms with Gasteiger partial charge in [0.2, 0.25) is 0 Å². The van der Waals surface area contributed by atoms with E-state index in [1.807, 2.05) is 0 Å². The highest BCUT2D eigenvalue weighted by Crippen LogP contribution is 2.33. The van der Waals surface area contributed by atoms with E-state index in [-0.39, 0.29) is 11.2 Å². The van der Waals surface area contributed by atoms with Crippen molar-refractivity contribution in [3.05, 3.63) is 0 Å². The molecule has 18 heavy (non-hydrogen) atoms. The molecule has 0 atom stereocenters. The van der Waals surface area contributed by atoms with Crippen molar-refractivity contribution in [1.29, 1.82) is 0 Å². The van der Waals surface area contributed by atoms with E-state index in [1.165, 1.54) is 38.5 Å². The first-order valence-electron chi connectivity index (χ1n) is 7.39. The van der Waals surface area contributed by atoms with Gasteiger partial charge in [0.15, 0.2) is 0 Å². The highest BCUT2D eigenvalue weighted by atomic mass is 16.5. The van der Waals surface area contributed by atoms with Crippen LogP contribution in [0.3, 0.4) is 0 Å². The third-order valence-corrected chi connectivity index (χ3v) is 4.62. The van der Waals surface area contributed by atoms with E-state index in [2.05, 4.69) is 11.8 Å². The molecule has 2 aliphatic carbocycles. The summed E-state index contributed by atoms with van der Waals surface area (Å²) in [5, 5.41) is 0. The second-order valence-corrected chi connectivity index (χ2v) is 5.77. The quantitative estimate of drug-likeness (QED) is 0.696. The van der Waals surface area contributed by atoms with Gasteiger partial charge in [0.05, 0.1) is 0 Å². The van der Waals surface area contributed by atoms with E-state index in [4.69, 9.17) is 9.47 Å². The molecule has 2 nitrogen and oxygen atoms in total. The third kappa shape index (κ3) is 3.08. The number of hydrogen-bond acceptors (Lipinski definition) is 2. The van der Waals surface area contributed by atoms with Gasteiger partial charge in [-0.1, -0.05) is 24.7 Å². The summed E-state index contributed by atoms with van der Waals surface area (Å²) in [5.74, 6) is 6.90. The van der Waals surface area contributed by atoms with Crippen molar-refractivity contribution in [2.45, 2.75) is 75.4 Å². The molecule has 0 aromatic rings. The van der Waals surface area contributed by atoms with Crippen molar-refractivity contribution in [3.63, 3.8) is 0 Å². The van der Waals surface area contributed by atoms with Gasteiger partial charge in [0.25, 0.3) is 0 Å². The second-order valence-electron chi connectivity index (χ2n) is 5.77. The lowest BCUT2D eigenvalue weighted by Gasteiger charge is -2.34. The normalized spacial score (nSPS) is 26.1. The summed E-state index contributed by atoms with van der Waals surface area (Å²) >= 11 is 0. The zero-order valence-corrected chi connectivity index (χ0v) is 11.9. The zero-order chi connectivity index (χ0) is 12.9. The van der Waals surface area contributed by atoms with Crippen LogP contribution in [-0.4, -0.2) is 25.4 Å². The number of methoxy groups -OCH3 is 2. The minimum Gasteiger partial charge on any atom is -0.366 e. The van der Waals surface area contributed by atoms with E-state index < -0.39 is 0 Å². The maximum Gasteiger partial charge on any atom is 0.128 e. The summed E-state index contributed by atoms with van der Waals surface area (Å²) in [6, 6.07) is 0. The molecule has 2 fully saturated rings. The van der Waals surface area contributed by atoms with Crippen LogP contribution >= 0.6 is 0 Å². The lowest BCUT2D eigenvalue weighted by Crippen LogP contribution is -2.36. The molecule has 0 heterocycles. The Hall–Kier alpha value is -0.520. The predicted octanol–water partition coefficient (Wildman–Crippen LogP) is 3.69. The van der Waals surface area contributed by atoms with Gasteiger partial charge < -0.3 is 9.47 Å². The lowest BCUT2D eigenvalue weighted by atomic mass is 9.81. The van der Waals surface area contributed by atoms with Crippen LogP contribution in [0.2, 0.25) is 0 Å².